The largest absolute Gasteiger partial charge is 0.404 e. The molecule has 2 heterocycles. The topological polar surface area (TPSA) is 157 Å². The van der Waals surface area contributed by atoms with Crippen LogP contribution in [0.15, 0.2) is 69.3 Å². The summed E-state index contributed by atoms with van der Waals surface area (Å²) in [4.78, 5) is 24.2. The minimum Gasteiger partial charge on any atom is -0.404 e. The number of hydrogen-bond acceptors (Lipinski definition) is 7. The van der Waals surface area contributed by atoms with Gasteiger partial charge in [-0.2, -0.15) is 0 Å². The van der Waals surface area contributed by atoms with Crippen molar-refractivity contribution in [1.29, 1.82) is 0 Å². The van der Waals surface area contributed by atoms with Crippen molar-refractivity contribution in [3.63, 3.8) is 0 Å². The molecule has 0 atom stereocenters. The minimum absolute atomic E-state index is 0.113. The summed E-state index contributed by atoms with van der Waals surface area (Å²) >= 11 is 0. The van der Waals surface area contributed by atoms with Crippen LogP contribution in [0.4, 0.5) is 11.4 Å². The molecular formula is C20H26N8O. The fourth-order valence-electron chi connectivity index (χ4n) is 2.41. The average molecular weight is 394 g/mol. The van der Waals surface area contributed by atoms with Gasteiger partial charge in [0, 0.05) is 43.2 Å². The van der Waals surface area contributed by atoms with Crippen molar-refractivity contribution in [3.8, 4) is 0 Å². The summed E-state index contributed by atoms with van der Waals surface area (Å²) in [5, 5.41) is 5.83. The third kappa shape index (κ3) is 5.55. The van der Waals surface area contributed by atoms with Gasteiger partial charge in [-0.05, 0) is 19.1 Å². The molecule has 1 aliphatic rings. The van der Waals surface area contributed by atoms with Gasteiger partial charge in [0.25, 0.3) is 0 Å². The Kier molecular flexibility index (Phi) is 7.30. The maximum atomic E-state index is 11.6. The van der Waals surface area contributed by atoms with E-state index in [-0.39, 0.29) is 17.4 Å². The van der Waals surface area contributed by atoms with Gasteiger partial charge in [0.05, 0.1) is 34.7 Å². The summed E-state index contributed by atoms with van der Waals surface area (Å²) in [5.74, 6) is 0.0147. The Bertz CT molecular complexity index is 967. The van der Waals surface area contributed by atoms with Gasteiger partial charge in [0.2, 0.25) is 5.91 Å². The second-order valence-electron chi connectivity index (χ2n) is 6.14. The van der Waals surface area contributed by atoms with E-state index in [2.05, 4.69) is 25.6 Å². The van der Waals surface area contributed by atoms with Crippen LogP contribution in [0.3, 0.4) is 0 Å². The lowest BCUT2D eigenvalue weighted by Gasteiger charge is -2.14. The van der Waals surface area contributed by atoms with Gasteiger partial charge in [-0.1, -0.05) is 13.0 Å². The summed E-state index contributed by atoms with van der Waals surface area (Å²) in [5.41, 5.74) is 22.1. The van der Waals surface area contributed by atoms with Gasteiger partial charge < -0.3 is 27.8 Å². The number of aryl methyl sites for hydroxylation is 1. The summed E-state index contributed by atoms with van der Waals surface area (Å²) < 4.78 is 0. The molecule has 0 radical (unpaired) electrons. The predicted molar refractivity (Wildman–Crippen MR) is 117 cm³/mol. The van der Waals surface area contributed by atoms with Gasteiger partial charge >= 0.3 is 0 Å². The highest BCUT2D eigenvalue weighted by molar-refractivity contribution is 5.99. The molecule has 8 N–H and O–H groups in total. The highest BCUT2D eigenvalue weighted by Crippen LogP contribution is 2.22. The lowest BCUT2D eigenvalue weighted by Crippen LogP contribution is -2.26. The van der Waals surface area contributed by atoms with Gasteiger partial charge in [0.1, 0.15) is 5.84 Å². The molecule has 9 heteroatoms. The van der Waals surface area contributed by atoms with Gasteiger partial charge in [-0.3, -0.25) is 14.8 Å². The number of nitrogens with zero attached hydrogens (tertiary/aromatic N) is 3. The van der Waals surface area contributed by atoms with Gasteiger partial charge in [-0.15, -0.1) is 0 Å². The first-order chi connectivity index (χ1) is 13.9. The van der Waals surface area contributed by atoms with Crippen molar-refractivity contribution in [2.75, 3.05) is 12.4 Å². The first kappa shape index (κ1) is 21.4. The van der Waals surface area contributed by atoms with Crippen molar-refractivity contribution in [2.45, 2.75) is 20.3 Å². The molecule has 0 unspecified atom stereocenters. The fourth-order valence-corrected chi connectivity index (χ4v) is 2.41. The van der Waals surface area contributed by atoms with E-state index < -0.39 is 0 Å². The molecule has 152 valence electrons. The number of nitrogens with one attached hydrogen (secondary N) is 2. The van der Waals surface area contributed by atoms with Crippen LogP contribution in [-0.4, -0.2) is 30.0 Å². The Morgan fingerprint density at radius 3 is 2.69 bits per heavy atom. The zero-order valence-corrected chi connectivity index (χ0v) is 16.7. The van der Waals surface area contributed by atoms with Gasteiger partial charge in [-0.25, -0.2) is 4.99 Å². The van der Waals surface area contributed by atoms with Crippen LogP contribution in [0.5, 0.6) is 0 Å². The molecule has 1 aromatic rings. The van der Waals surface area contributed by atoms with Crippen LogP contribution < -0.4 is 27.8 Å². The zero-order chi connectivity index (χ0) is 21.4. The van der Waals surface area contributed by atoms with E-state index in [1.165, 1.54) is 6.20 Å². The third-order valence-corrected chi connectivity index (χ3v) is 4.07. The number of aromatic nitrogens is 1. The van der Waals surface area contributed by atoms with Crippen LogP contribution in [-0.2, 0) is 4.79 Å². The Hall–Kier alpha value is -3.88. The van der Waals surface area contributed by atoms with Crippen LogP contribution in [0.2, 0.25) is 0 Å². The van der Waals surface area contributed by atoms with Gasteiger partial charge in [0.15, 0.2) is 0 Å². The second kappa shape index (κ2) is 9.88. The molecule has 0 saturated heterocycles. The molecule has 2 rings (SSSR count). The number of allylic oxidation sites excluding steroid dienone is 4. The maximum absolute atomic E-state index is 11.6. The van der Waals surface area contributed by atoms with Crippen LogP contribution in [0, 0.1) is 6.92 Å². The summed E-state index contributed by atoms with van der Waals surface area (Å²) in [6.45, 7) is 3.57. The predicted octanol–water partition coefficient (Wildman–Crippen LogP) is 1.48. The van der Waals surface area contributed by atoms with Crippen LogP contribution in [0.1, 0.15) is 19.0 Å². The number of dihydropyridines is 1. The summed E-state index contributed by atoms with van der Waals surface area (Å²) in [6.07, 6.45) is 10.4. The number of amidine groups is 1. The Morgan fingerprint density at radius 1 is 1.34 bits per heavy atom. The van der Waals surface area contributed by atoms with Crippen molar-refractivity contribution < 1.29 is 4.79 Å². The number of carbonyl (C=O) groups excluding carboxylic acids is 1. The van der Waals surface area contributed by atoms with E-state index in [9.17, 15) is 4.79 Å². The molecule has 0 aromatic carbocycles. The number of nitrogens with two attached hydrogens (primary N) is 3. The van der Waals surface area contributed by atoms with Crippen LogP contribution >= 0.6 is 0 Å². The number of carbonyl (C=O) groups is 1. The van der Waals surface area contributed by atoms with Crippen molar-refractivity contribution in [2.24, 2.45) is 27.2 Å². The molecule has 1 aliphatic heterocycles. The van der Waals surface area contributed by atoms with E-state index in [0.717, 1.165) is 11.1 Å². The molecule has 1 aromatic heterocycles. The number of hydrogen-bond donors (Lipinski definition) is 5. The van der Waals surface area contributed by atoms with Crippen molar-refractivity contribution in [3.05, 3.63) is 65.0 Å². The Balaban J connectivity index is 2.26. The van der Waals surface area contributed by atoms with E-state index in [4.69, 9.17) is 17.2 Å². The summed E-state index contributed by atoms with van der Waals surface area (Å²) in [6, 6.07) is 1.70. The zero-order valence-electron chi connectivity index (χ0n) is 16.7. The normalized spacial score (nSPS) is 16.4. The highest BCUT2D eigenvalue weighted by Gasteiger charge is 2.11. The number of pyridine rings is 1. The van der Waals surface area contributed by atoms with Crippen molar-refractivity contribution in [1.82, 2.24) is 10.3 Å². The molecular weight excluding hydrogens is 368 g/mol. The monoisotopic (exact) mass is 394 g/mol. The Morgan fingerprint density at radius 2 is 2.10 bits per heavy atom. The van der Waals surface area contributed by atoms with E-state index >= 15 is 0 Å². The van der Waals surface area contributed by atoms with E-state index in [0.29, 0.717) is 29.2 Å². The summed E-state index contributed by atoms with van der Waals surface area (Å²) in [7, 11) is 1.67. The minimum atomic E-state index is -0.113. The average Bonchev–Trinajstić information content (AvgIpc) is 2.73. The fraction of sp³-hybridized carbons (Fsp3) is 0.200. The number of rotatable bonds is 6. The number of amides is 1. The maximum Gasteiger partial charge on any atom is 0.224 e. The smallest absolute Gasteiger partial charge is 0.224 e. The first-order valence-corrected chi connectivity index (χ1v) is 8.99. The molecule has 29 heavy (non-hydrogen) atoms. The number of aliphatic imine (C=N–C) groups is 2. The first-order valence-electron chi connectivity index (χ1n) is 8.99. The molecule has 0 aliphatic carbocycles. The van der Waals surface area contributed by atoms with E-state index in [1.807, 2.05) is 6.08 Å². The highest BCUT2D eigenvalue weighted by atomic mass is 16.1. The number of anilines is 1. The SMILES string of the molecule is CCC(=O)Nc1cnc(C)c(N=C(N)/C(N)=C2\C=CC(/C(C=NC)=C/N)=CN2)c1. The van der Waals surface area contributed by atoms with Crippen molar-refractivity contribution >= 4 is 29.3 Å². The third-order valence-electron chi connectivity index (χ3n) is 4.07. The lowest BCUT2D eigenvalue weighted by molar-refractivity contribution is -0.115. The molecule has 0 bridgehead atoms. The molecule has 1 amide bonds. The quantitative estimate of drug-likeness (QED) is 0.363. The molecule has 0 fully saturated rings. The standard InChI is InChI=1S/C20H26N8O/c1-4-18(29)27-15-7-17(12(2)25-11-15)28-20(23)19(22)16-6-5-13(10-26-16)14(8-21)9-24-3/h5-11,26H,4,21-22H2,1-3H3,(H2,23,28)(H,27,29)/b14-8+,19-16-,24-9?. The molecule has 9 nitrogen and oxygen atoms in total. The van der Waals surface area contributed by atoms with E-state index in [1.54, 1.807) is 51.6 Å². The van der Waals surface area contributed by atoms with Crippen LogP contribution in [0.25, 0.3) is 0 Å². The lowest BCUT2D eigenvalue weighted by atomic mass is 10.1. The molecule has 0 spiro atoms. The second-order valence-corrected chi connectivity index (χ2v) is 6.14. The Labute approximate surface area is 169 Å². The molecule has 0 saturated carbocycles.